The van der Waals surface area contributed by atoms with E-state index in [-0.39, 0.29) is 17.9 Å². The van der Waals surface area contributed by atoms with Crippen molar-refractivity contribution in [2.75, 3.05) is 0 Å². The molecule has 0 saturated heterocycles. The summed E-state index contributed by atoms with van der Waals surface area (Å²) in [6.07, 6.45) is 0. The third kappa shape index (κ3) is 5.37. The third-order valence-electron chi connectivity index (χ3n) is 4.27. The molecule has 0 bridgehead atoms. The van der Waals surface area contributed by atoms with E-state index in [9.17, 15) is 18.5 Å². The lowest BCUT2D eigenvalue weighted by Gasteiger charge is -2.16. The van der Waals surface area contributed by atoms with E-state index in [0.717, 1.165) is 6.92 Å². The van der Waals surface area contributed by atoms with Gasteiger partial charge in [0.15, 0.2) is 5.76 Å². The number of furan rings is 1. The lowest BCUT2D eigenvalue weighted by atomic mass is 9.96. The molecule has 2 aromatic carbocycles. The van der Waals surface area contributed by atoms with Crippen LogP contribution in [0.5, 0.6) is 5.75 Å². The molecule has 0 unspecified atom stereocenters. The Labute approximate surface area is 173 Å². The molecule has 0 saturated carbocycles. The molecule has 158 valence electrons. The summed E-state index contributed by atoms with van der Waals surface area (Å²) in [4.78, 5) is 21.6. The maximum atomic E-state index is 13.8. The molecular weight excluding hydrogens is 392 g/mol. The Hall–Kier alpha value is -3.35. The molecule has 0 atom stereocenters. The van der Waals surface area contributed by atoms with Gasteiger partial charge in [-0.1, -0.05) is 50.2 Å². The molecule has 1 amide bonds. The van der Waals surface area contributed by atoms with Crippen LogP contribution < -0.4 is 4.74 Å². The van der Waals surface area contributed by atoms with Gasteiger partial charge in [0.2, 0.25) is 0 Å². The number of rotatable bonds is 6. The summed E-state index contributed by atoms with van der Waals surface area (Å²) in [6, 6.07) is 14.5. The predicted molar refractivity (Wildman–Crippen MR) is 111 cm³/mol. The Morgan fingerprint density at radius 3 is 2.33 bits per heavy atom. The molecule has 0 radical (unpaired) electrons. The van der Waals surface area contributed by atoms with Crippen LogP contribution in [0.2, 0.25) is 0 Å². The van der Waals surface area contributed by atoms with E-state index in [0.29, 0.717) is 28.2 Å². The minimum Gasteiger partial charge on any atom is -0.489 e. The number of nitroso groups, excluding NO2 is 1. The lowest BCUT2D eigenvalue weighted by Crippen LogP contribution is -2.08. The van der Waals surface area contributed by atoms with E-state index < -0.39 is 11.8 Å². The second-order valence-electron chi connectivity index (χ2n) is 6.34. The van der Waals surface area contributed by atoms with Gasteiger partial charge in [0.05, 0.1) is 0 Å². The quantitative estimate of drug-likeness (QED) is 0.412. The van der Waals surface area contributed by atoms with Crippen LogP contribution in [-0.2, 0) is 12.5 Å². The summed E-state index contributed by atoms with van der Waals surface area (Å²) >= 11 is 0. The fourth-order valence-electron chi connectivity index (χ4n) is 2.82. The van der Waals surface area contributed by atoms with Crippen LogP contribution in [0.4, 0.5) is 8.78 Å². The molecule has 7 heteroatoms. The standard InChI is InChI=1S/C21H17F2NO4.C2H6/c1-13-15(11-19(28-13)20(25)24-26)12-27-16-9-7-14(8-10-16)17-5-3-4-6-18(17)21(2,22)23;1-2/h3-11H,12H2,1-2H3;1-2H3. The zero-order chi connectivity index (χ0) is 22.3. The Morgan fingerprint density at radius 1 is 1.10 bits per heavy atom. The van der Waals surface area contributed by atoms with Gasteiger partial charge in [-0.05, 0) is 36.2 Å². The van der Waals surface area contributed by atoms with Crippen molar-refractivity contribution in [3.05, 3.63) is 82.2 Å². The minimum absolute atomic E-state index is 0.0429. The van der Waals surface area contributed by atoms with Gasteiger partial charge in [0.1, 0.15) is 18.1 Å². The Bertz CT molecular complexity index is 1000. The molecule has 0 N–H and O–H groups in total. The number of nitrogens with zero attached hydrogens (tertiary/aromatic N) is 1. The number of amides is 1. The summed E-state index contributed by atoms with van der Waals surface area (Å²) in [5, 5.41) is 2.32. The van der Waals surface area contributed by atoms with Crippen molar-refractivity contribution >= 4 is 5.91 Å². The highest BCUT2D eigenvalue weighted by Crippen LogP contribution is 2.36. The second kappa shape index (κ2) is 9.91. The highest BCUT2D eigenvalue weighted by atomic mass is 19.3. The molecule has 5 nitrogen and oxygen atoms in total. The maximum Gasteiger partial charge on any atom is 0.351 e. The summed E-state index contributed by atoms with van der Waals surface area (Å²) in [7, 11) is 0. The average molecular weight is 415 g/mol. The first-order valence-electron chi connectivity index (χ1n) is 9.47. The van der Waals surface area contributed by atoms with Crippen LogP contribution in [0.1, 0.15) is 48.2 Å². The number of benzene rings is 2. The van der Waals surface area contributed by atoms with Gasteiger partial charge in [0, 0.05) is 23.2 Å². The largest absolute Gasteiger partial charge is 0.489 e. The topological polar surface area (TPSA) is 68.9 Å². The normalized spacial score (nSPS) is 10.7. The summed E-state index contributed by atoms with van der Waals surface area (Å²) in [6.45, 7) is 6.63. The van der Waals surface area contributed by atoms with Crippen LogP contribution in [-0.4, -0.2) is 5.91 Å². The van der Waals surface area contributed by atoms with Crippen LogP contribution in [0.25, 0.3) is 11.1 Å². The molecule has 3 aromatic rings. The highest BCUT2D eigenvalue weighted by Gasteiger charge is 2.27. The Balaban J connectivity index is 0.00000155. The van der Waals surface area contributed by atoms with Crippen molar-refractivity contribution < 1.29 is 22.7 Å². The van der Waals surface area contributed by atoms with Gasteiger partial charge in [-0.15, -0.1) is 4.91 Å². The van der Waals surface area contributed by atoms with Gasteiger partial charge < -0.3 is 9.15 Å². The molecule has 0 aliphatic heterocycles. The van der Waals surface area contributed by atoms with Crippen LogP contribution >= 0.6 is 0 Å². The highest BCUT2D eigenvalue weighted by molar-refractivity contribution is 5.92. The Morgan fingerprint density at radius 2 is 1.73 bits per heavy atom. The molecule has 0 aliphatic carbocycles. The first-order chi connectivity index (χ1) is 14.3. The van der Waals surface area contributed by atoms with Crippen molar-refractivity contribution in [3.8, 4) is 16.9 Å². The second-order valence-corrected chi connectivity index (χ2v) is 6.34. The average Bonchev–Trinajstić information content (AvgIpc) is 3.13. The molecule has 3 rings (SSSR count). The van der Waals surface area contributed by atoms with E-state index in [2.05, 4.69) is 5.18 Å². The monoisotopic (exact) mass is 415 g/mol. The van der Waals surface area contributed by atoms with Crippen molar-refractivity contribution in [2.45, 2.75) is 40.2 Å². The van der Waals surface area contributed by atoms with Crippen molar-refractivity contribution in [2.24, 2.45) is 5.18 Å². The van der Waals surface area contributed by atoms with Crippen molar-refractivity contribution in [3.63, 3.8) is 0 Å². The number of halogens is 2. The zero-order valence-corrected chi connectivity index (χ0v) is 17.2. The van der Waals surface area contributed by atoms with Crippen molar-refractivity contribution in [1.82, 2.24) is 0 Å². The predicted octanol–water partition coefficient (Wildman–Crippen LogP) is 6.88. The van der Waals surface area contributed by atoms with E-state index in [1.807, 2.05) is 13.8 Å². The number of carbonyl (C=O) groups is 1. The number of alkyl halides is 2. The molecular formula is C23H23F2NO4. The molecule has 0 spiro atoms. The SMILES string of the molecule is CC.Cc1oc(C(=O)N=O)cc1COc1ccc(-c2ccccc2C(C)(F)F)cc1. The van der Waals surface area contributed by atoms with Gasteiger partial charge in [-0.3, -0.25) is 4.79 Å². The number of aryl methyl sites for hydroxylation is 1. The first-order valence-corrected chi connectivity index (χ1v) is 9.47. The number of hydrogen-bond donors (Lipinski definition) is 0. The molecule has 1 heterocycles. The maximum absolute atomic E-state index is 13.8. The van der Waals surface area contributed by atoms with Crippen molar-refractivity contribution in [1.29, 1.82) is 0 Å². The third-order valence-corrected chi connectivity index (χ3v) is 4.27. The van der Waals surface area contributed by atoms with Gasteiger partial charge in [-0.2, -0.15) is 0 Å². The van der Waals surface area contributed by atoms with Crippen LogP contribution in [0.3, 0.4) is 0 Å². The first kappa shape index (κ1) is 22.9. The number of carbonyl (C=O) groups excluding carboxylic acids is 1. The smallest absolute Gasteiger partial charge is 0.351 e. The summed E-state index contributed by atoms with van der Waals surface area (Å²) in [5.74, 6) is -3.10. The fourth-order valence-corrected chi connectivity index (χ4v) is 2.82. The summed E-state index contributed by atoms with van der Waals surface area (Å²) < 4.78 is 38.5. The van der Waals surface area contributed by atoms with Crippen LogP contribution in [0, 0.1) is 11.8 Å². The molecule has 0 fully saturated rings. The Kier molecular flexibility index (Phi) is 7.58. The van der Waals surface area contributed by atoms with Gasteiger partial charge in [-0.25, -0.2) is 8.78 Å². The fraction of sp³-hybridized carbons (Fsp3) is 0.261. The molecule has 30 heavy (non-hydrogen) atoms. The lowest BCUT2D eigenvalue weighted by molar-refractivity contribution is 0.0181. The van der Waals surface area contributed by atoms with E-state index in [4.69, 9.17) is 9.15 Å². The summed E-state index contributed by atoms with van der Waals surface area (Å²) in [5.41, 5.74) is 1.66. The minimum atomic E-state index is -2.95. The van der Waals surface area contributed by atoms with E-state index in [1.54, 1.807) is 49.4 Å². The number of hydrogen-bond acceptors (Lipinski definition) is 4. The van der Waals surface area contributed by atoms with E-state index >= 15 is 0 Å². The molecule has 1 aromatic heterocycles. The molecule has 0 aliphatic rings. The number of ether oxygens (including phenoxy) is 1. The van der Waals surface area contributed by atoms with Crippen LogP contribution in [0.15, 0.2) is 64.2 Å². The van der Waals surface area contributed by atoms with Gasteiger partial charge >= 0.3 is 5.91 Å². The van der Waals surface area contributed by atoms with E-state index in [1.165, 1.54) is 12.1 Å². The van der Waals surface area contributed by atoms with Gasteiger partial charge in [0.25, 0.3) is 5.92 Å². The zero-order valence-electron chi connectivity index (χ0n) is 17.2.